The highest BCUT2D eigenvalue weighted by Gasteiger charge is 2.54. The van der Waals surface area contributed by atoms with Gasteiger partial charge in [0, 0.05) is 31.2 Å². The van der Waals surface area contributed by atoms with E-state index in [1.165, 1.54) is 17.2 Å². The number of aliphatic hydroxyl groups excluding tert-OH is 4. The second kappa shape index (κ2) is 19.7. The van der Waals surface area contributed by atoms with Crippen molar-refractivity contribution in [1.82, 2.24) is 10.3 Å². The molecule has 12 unspecified atom stereocenters. The number of benzene rings is 2. The molecule has 3 aromatic rings. The molecule has 60 heavy (non-hydrogen) atoms. The van der Waals surface area contributed by atoms with Crippen molar-refractivity contribution in [2.45, 2.75) is 113 Å². The third-order valence-corrected chi connectivity index (χ3v) is 13.9. The smallest absolute Gasteiger partial charge is 0.328 e. The van der Waals surface area contributed by atoms with Crippen molar-refractivity contribution >= 4 is 41.1 Å². The number of hydrogen-bond acceptors (Lipinski definition) is 11. The quantitative estimate of drug-likeness (QED) is 0.0309. The van der Waals surface area contributed by atoms with Gasteiger partial charge in [0.2, 0.25) is 0 Å². The van der Waals surface area contributed by atoms with E-state index in [1.54, 1.807) is 0 Å². The van der Waals surface area contributed by atoms with Gasteiger partial charge < -0.3 is 56.5 Å². The van der Waals surface area contributed by atoms with Crippen LogP contribution in [0.2, 0.25) is 0 Å². The monoisotopic (exact) mass is 823 g/mol. The molecule has 322 valence electrons. The summed E-state index contributed by atoms with van der Waals surface area (Å²) in [6.07, 6.45) is 15.2. The molecule has 10 N–H and O–H groups in total. The number of aldehydes is 2. The summed E-state index contributed by atoms with van der Waals surface area (Å²) in [6, 6.07) is 12.7. The molecule has 1 aliphatic heterocycles. The zero-order valence-corrected chi connectivity index (χ0v) is 34.1. The predicted octanol–water partition coefficient (Wildman–Crippen LogP) is 4.71. The molecule has 1 aromatic heterocycles. The van der Waals surface area contributed by atoms with Crippen LogP contribution < -0.4 is 16.4 Å². The number of aliphatic imine (C=N–C) groups is 1. The largest absolute Gasteiger partial charge is 0.478 e. The molecule has 4 bridgehead atoms. The summed E-state index contributed by atoms with van der Waals surface area (Å²) < 4.78 is 0. The van der Waals surface area contributed by atoms with Crippen molar-refractivity contribution in [3.63, 3.8) is 0 Å². The van der Waals surface area contributed by atoms with Crippen LogP contribution in [0.4, 0.5) is 5.82 Å². The summed E-state index contributed by atoms with van der Waals surface area (Å²) in [5.41, 5.74) is 10.5. The van der Waals surface area contributed by atoms with E-state index in [0.717, 1.165) is 79.7 Å². The number of unbranched alkanes of at least 4 members (excludes halogenated alkanes) is 2. The number of anilines is 1. The minimum absolute atomic E-state index is 0.0132. The van der Waals surface area contributed by atoms with Gasteiger partial charge in [-0.15, -0.1) is 0 Å². The van der Waals surface area contributed by atoms with Crippen LogP contribution in [-0.2, 0) is 20.8 Å². The molecule has 0 radical (unpaired) electrons. The number of H-pyrrole nitrogens is 1. The Labute approximate surface area is 351 Å². The van der Waals surface area contributed by atoms with Crippen LogP contribution in [0.5, 0.6) is 0 Å². The lowest BCUT2D eigenvalue weighted by molar-refractivity contribution is -0.131. The lowest BCUT2D eigenvalue weighted by atomic mass is 9.48. The van der Waals surface area contributed by atoms with E-state index in [9.17, 15) is 39.9 Å². The summed E-state index contributed by atoms with van der Waals surface area (Å²) in [5, 5.41) is 59.7. The fourth-order valence-electron chi connectivity index (χ4n) is 11.2. The number of carboxylic acid groups (broad SMARTS) is 1. The van der Waals surface area contributed by atoms with Crippen molar-refractivity contribution in [2.75, 3.05) is 18.5 Å². The van der Waals surface area contributed by atoms with Gasteiger partial charge in [0.05, 0.1) is 24.7 Å². The molecule has 0 saturated heterocycles. The first-order chi connectivity index (χ1) is 29.1. The van der Waals surface area contributed by atoms with E-state index in [-0.39, 0.29) is 60.4 Å². The maximum atomic E-state index is 12.8. The molecule has 4 aliphatic rings. The van der Waals surface area contributed by atoms with Gasteiger partial charge in [-0.25, -0.2) is 9.79 Å². The Morgan fingerprint density at radius 2 is 1.80 bits per heavy atom. The van der Waals surface area contributed by atoms with Crippen molar-refractivity contribution in [3.05, 3.63) is 89.2 Å². The Bertz CT molecular complexity index is 2050. The zero-order valence-electron chi connectivity index (χ0n) is 34.1. The van der Waals surface area contributed by atoms with E-state index in [2.05, 4.69) is 52.0 Å². The SMILES string of the molecule is NC1=NC(C(=CC(=O)O)C(Nc2ccc[nH]2)C2CCC3c4cc5ccc(CC=O)cc5cc4C4C(CCCCCC(C=O)CCCO)C=CC3C24)CC(C(O)C(O)CO)N1. The summed E-state index contributed by atoms with van der Waals surface area (Å²) >= 11 is 0. The van der Waals surface area contributed by atoms with Gasteiger partial charge in [-0.2, -0.15) is 0 Å². The predicted molar refractivity (Wildman–Crippen MR) is 230 cm³/mol. The van der Waals surface area contributed by atoms with Crippen molar-refractivity contribution in [2.24, 2.45) is 40.3 Å². The lowest BCUT2D eigenvalue weighted by Gasteiger charge is -2.57. The van der Waals surface area contributed by atoms with Crippen LogP contribution in [0.3, 0.4) is 0 Å². The number of hydrogen-bond donors (Lipinski definition) is 9. The number of rotatable bonds is 21. The summed E-state index contributed by atoms with van der Waals surface area (Å²) in [7, 11) is 0. The number of carbonyl (C=O) groups excluding carboxylic acids is 2. The number of aromatic amines is 1. The number of nitrogens with one attached hydrogen (secondary N) is 3. The first-order valence-electron chi connectivity index (χ1n) is 21.8. The normalized spacial score (nSPS) is 27.8. The van der Waals surface area contributed by atoms with Crippen LogP contribution in [0.15, 0.2) is 77.5 Å². The first kappa shape index (κ1) is 43.3. The van der Waals surface area contributed by atoms with Gasteiger partial charge in [-0.05, 0) is 126 Å². The third-order valence-electron chi connectivity index (χ3n) is 13.9. The average Bonchev–Trinajstić information content (AvgIpc) is 3.77. The van der Waals surface area contributed by atoms with Crippen LogP contribution in [0, 0.1) is 29.6 Å². The van der Waals surface area contributed by atoms with Gasteiger partial charge in [-0.3, -0.25) is 0 Å². The lowest BCUT2D eigenvalue weighted by Crippen LogP contribution is -2.57. The average molecular weight is 824 g/mol. The van der Waals surface area contributed by atoms with Crippen LogP contribution in [0.1, 0.15) is 92.7 Å². The second-order valence-corrected chi connectivity index (χ2v) is 17.5. The van der Waals surface area contributed by atoms with E-state index >= 15 is 0 Å². The number of aliphatic carboxylic acids is 1. The van der Waals surface area contributed by atoms with Gasteiger partial charge in [0.25, 0.3) is 0 Å². The Kier molecular flexibility index (Phi) is 14.2. The van der Waals surface area contributed by atoms with Crippen molar-refractivity contribution in [1.29, 1.82) is 0 Å². The minimum Gasteiger partial charge on any atom is -0.478 e. The van der Waals surface area contributed by atoms with Gasteiger partial charge in [0.15, 0.2) is 5.96 Å². The molecule has 13 heteroatoms. The van der Waals surface area contributed by atoms with Crippen LogP contribution in [-0.4, -0.2) is 98.6 Å². The summed E-state index contributed by atoms with van der Waals surface area (Å²) in [4.78, 5) is 44.0. The van der Waals surface area contributed by atoms with Crippen LogP contribution >= 0.6 is 0 Å². The molecule has 1 saturated carbocycles. The highest BCUT2D eigenvalue weighted by molar-refractivity contribution is 5.86. The number of nitrogens with zero attached hydrogens (tertiary/aromatic N) is 1. The molecule has 0 amide bonds. The molecule has 2 aromatic carbocycles. The molecule has 2 heterocycles. The first-order valence-corrected chi connectivity index (χ1v) is 21.8. The number of aromatic nitrogens is 1. The van der Waals surface area contributed by atoms with E-state index in [0.29, 0.717) is 24.8 Å². The molecular weight excluding hydrogens is 763 g/mol. The number of carbonyl (C=O) groups is 3. The number of nitrogens with two attached hydrogens (primary N) is 1. The van der Waals surface area contributed by atoms with E-state index in [4.69, 9.17) is 10.7 Å². The third kappa shape index (κ3) is 9.39. The highest BCUT2D eigenvalue weighted by Crippen LogP contribution is 2.62. The Morgan fingerprint density at radius 3 is 2.53 bits per heavy atom. The maximum absolute atomic E-state index is 12.8. The standard InChI is InChI=1S/C47H61N5O8/c48-47-50-38(24-39(51-47)46(60)40(57)26-56)37(23-42(58)59)45(52-41-9-4-17-49-41)34-15-14-32-33-13-12-29(8-3-1-2-6-28(25-55)7-5-18-53)43(44(33)34)36-22-31-20-27(16-19-54)10-11-30(31)21-35(32)36/h4,9-13,17,19-23,25,28-29,32-34,38-40,43-46,49,52-53,56-57,60H,1-3,5-8,14-16,18,24,26H2,(H,58,59)(H3,48,50,51). The van der Waals surface area contributed by atoms with Gasteiger partial charge >= 0.3 is 5.97 Å². The van der Waals surface area contributed by atoms with E-state index in [1.807, 2.05) is 24.4 Å². The molecule has 7 rings (SSSR count). The Morgan fingerprint density at radius 1 is 0.983 bits per heavy atom. The molecule has 13 nitrogen and oxygen atoms in total. The second-order valence-electron chi connectivity index (χ2n) is 17.5. The number of guanidine groups is 1. The van der Waals surface area contributed by atoms with Crippen molar-refractivity contribution in [3.8, 4) is 0 Å². The summed E-state index contributed by atoms with van der Waals surface area (Å²) in [6.45, 7) is -0.567. The van der Waals surface area contributed by atoms with E-state index < -0.39 is 42.9 Å². The topological polar surface area (TPSA) is 231 Å². The van der Waals surface area contributed by atoms with Gasteiger partial charge in [-0.1, -0.05) is 61.7 Å². The molecule has 12 atom stereocenters. The molecule has 0 spiro atoms. The minimum atomic E-state index is -1.43. The molecule has 3 aliphatic carbocycles. The fraction of sp³-hybridized carbons (Fsp3) is 0.532. The summed E-state index contributed by atoms with van der Waals surface area (Å²) in [5.74, 6) is 0.397. The number of fused-ring (bicyclic) bond motifs is 4. The fourth-order valence-corrected chi connectivity index (χ4v) is 11.2. The van der Waals surface area contributed by atoms with Crippen LogP contribution in [0.25, 0.3) is 10.8 Å². The number of aliphatic hydroxyl groups is 4. The molecule has 1 fully saturated rings. The number of carboxylic acids is 1. The van der Waals surface area contributed by atoms with Gasteiger partial charge in [0.1, 0.15) is 30.6 Å². The maximum Gasteiger partial charge on any atom is 0.328 e. The Balaban J connectivity index is 1.28. The van der Waals surface area contributed by atoms with Crippen molar-refractivity contribution < 1.29 is 39.9 Å². The number of allylic oxidation sites excluding steroid dienone is 2. The zero-order chi connectivity index (χ0) is 42.3. The highest BCUT2D eigenvalue weighted by atomic mass is 16.4. The Hall–Kier alpha value is -4.82. The molecular formula is C47H61N5O8.